The van der Waals surface area contributed by atoms with Gasteiger partial charge in [-0.25, -0.2) is 13.3 Å². The van der Waals surface area contributed by atoms with Crippen LogP contribution in [0.2, 0.25) is 0 Å². The van der Waals surface area contributed by atoms with E-state index in [0.717, 1.165) is 0 Å². The lowest BCUT2D eigenvalue weighted by Crippen LogP contribution is -2.40. The highest BCUT2D eigenvalue weighted by Crippen LogP contribution is 2.52. The van der Waals surface area contributed by atoms with Gasteiger partial charge in [-0.3, -0.25) is 9.59 Å². The molecule has 9 heteroatoms. The van der Waals surface area contributed by atoms with Crippen molar-refractivity contribution in [1.82, 2.24) is 4.31 Å². The molecule has 4 aliphatic heterocycles. The summed E-state index contributed by atoms with van der Waals surface area (Å²) in [7, 11) is -3.63. The van der Waals surface area contributed by atoms with Gasteiger partial charge in [0.2, 0.25) is 21.8 Å². The number of imide groups is 1. The van der Waals surface area contributed by atoms with Crippen molar-refractivity contribution in [3.63, 3.8) is 0 Å². The zero-order valence-electron chi connectivity index (χ0n) is 15.3. The molecule has 0 saturated carbocycles. The summed E-state index contributed by atoms with van der Waals surface area (Å²) < 4.78 is 37.9. The van der Waals surface area contributed by atoms with Crippen LogP contribution in [0, 0.1) is 11.8 Å². The number of benzene rings is 1. The third-order valence-electron chi connectivity index (χ3n) is 6.03. The molecular formula is C19H20N2O6S. The first-order chi connectivity index (χ1) is 13.3. The van der Waals surface area contributed by atoms with E-state index < -0.39 is 27.5 Å². The van der Waals surface area contributed by atoms with E-state index in [-0.39, 0.29) is 22.8 Å². The lowest BCUT2D eigenvalue weighted by atomic mass is 9.78. The quantitative estimate of drug-likeness (QED) is 0.539. The highest BCUT2D eigenvalue weighted by atomic mass is 32.2. The van der Waals surface area contributed by atoms with Crippen molar-refractivity contribution in [2.75, 3.05) is 31.2 Å². The van der Waals surface area contributed by atoms with Crippen LogP contribution in [0.4, 0.5) is 5.69 Å². The number of carbonyl (C=O) groups is 2. The number of fused-ring (bicyclic) bond motifs is 5. The second-order valence-corrected chi connectivity index (χ2v) is 9.59. The number of anilines is 1. The minimum Gasteiger partial charge on any atom is -0.379 e. The molecule has 4 unspecified atom stereocenters. The average molecular weight is 404 g/mol. The van der Waals surface area contributed by atoms with Gasteiger partial charge in [-0.15, -0.1) is 0 Å². The number of hydrogen-bond donors (Lipinski definition) is 0. The average Bonchev–Trinajstić information content (AvgIpc) is 3.31. The van der Waals surface area contributed by atoms with Crippen LogP contribution in [0.25, 0.3) is 0 Å². The number of morpholine rings is 1. The molecule has 3 fully saturated rings. The molecule has 1 aromatic carbocycles. The standard InChI is InChI=1S/C19H20N2O6S/c1-19-7-6-14(27-19)15-16(19)18(23)21(17(15)22)12-2-4-13(5-3-12)28(24,25)20-8-10-26-11-9-20/h2-7,14-16H,8-11H2,1H3. The Morgan fingerprint density at radius 1 is 1.07 bits per heavy atom. The van der Waals surface area contributed by atoms with Gasteiger partial charge in [0.1, 0.15) is 0 Å². The summed E-state index contributed by atoms with van der Waals surface area (Å²) in [6, 6.07) is 5.92. The molecule has 8 nitrogen and oxygen atoms in total. The molecule has 2 bridgehead atoms. The molecule has 0 spiro atoms. The fraction of sp³-hybridized carbons (Fsp3) is 0.474. The van der Waals surface area contributed by atoms with E-state index in [1.807, 2.05) is 19.1 Å². The van der Waals surface area contributed by atoms with Crippen molar-refractivity contribution < 1.29 is 27.5 Å². The molecular weight excluding hydrogens is 384 g/mol. The fourth-order valence-corrected chi connectivity index (χ4v) is 6.02. The topological polar surface area (TPSA) is 93.2 Å². The van der Waals surface area contributed by atoms with Crippen LogP contribution >= 0.6 is 0 Å². The summed E-state index contributed by atoms with van der Waals surface area (Å²) in [5.74, 6) is -1.64. The minimum atomic E-state index is -3.63. The second-order valence-electron chi connectivity index (χ2n) is 7.65. The molecule has 1 aromatic rings. The number of amides is 2. The molecule has 3 saturated heterocycles. The van der Waals surface area contributed by atoms with Gasteiger partial charge in [-0.1, -0.05) is 12.2 Å². The van der Waals surface area contributed by atoms with Crippen LogP contribution in [0.5, 0.6) is 0 Å². The van der Waals surface area contributed by atoms with Crippen LogP contribution in [-0.4, -0.2) is 62.5 Å². The van der Waals surface area contributed by atoms with E-state index in [4.69, 9.17) is 9.47 Å². The number of rotatable bonds is 3. The highest BCUT2D eigenvalue weighted by molar-refractivity contribution is 7.89. The van der Waals surface area contributed by atoms with Crippen molar-refractivity contribution >= 4 is 27.5 Å². The largest absolute Gasteiger partial charge is 0.379 e. The summed E-state index contributed by atoms with van der Waals surface area (Å²) in [6.07, 6.45) is 3.32. The number of hydrogen-bond acceptors (Lipinski definition) is 6. The molecule has 28 heavy (non-hydrogen) atoms. The van der Waals surface area contributed by atoms with E-state index in [0.29, 0.717) is 32.0 Å². The van der Waals surface area contributed by atoms with Crippen molar-refractivity contribution in [3.8, 4) is 0 Å². The second kappa shape index (κ2) is 5.96. The lowest BCUT2D eigenvalue weighted by Gasteiger charge is -2.26. The molecule has 4 heterocycles. The smallest absolute Gasteiger partial charge is 0.243 e. The Kier molecular flexibility index (Phi) is 3.83. The molecule has 0 aromatic heterocycles. The lowest BCUT2D eigenvalue weighted by molar-refractivity contribution is -0.126. The molecule has 148 valence electrons. The first kappa shape index (κ1) is 18.0. The van der Waals surface area contributed by atoms with Gasteiger partial charge >= 0.3 is 0 Å². The Balaban J connectivity index is 1.43. The third-order valence-corrected chi connectivity index (χ3v) is 7.95. The predicted molar refractivity (Wildman–Crippen MR) is 97.9 cm³/mol. The van der Waals surface area contributed by atoms with E-state index in [1.165, 1.54) is 33.5 Å². The van der Waals surface area contributed by atoms with E-state index in [9.17, 15) is 18.0 Å². The molecule has 2 amide bonds. The summed E-state index contributed by atoms with van der Waals surface area (Å²) in [4.78, 5) is 27.2. The Bertz CT molecular complexity index is 982. The number of carbonyl (C=O) groups excluding carboxylic acids is 2. The Hall–Kier alpha value is -2.07. The van der Waals surface area contributed by atoms with Crippen LogP contribution in [0.1, 0.15) is 6.92 Å². The maximum absolute atomic E-state index is 13.0. The summed E-state index contributed by atoms with van der Waals surface area (Å²) in [5.41, 5.74) is -0.371. The Labute approximate surface area is 162 Å². The Morgan fingerprint density at radius 2 is 1.75 bits per heavy atom. The molecule has 0 N–H and O–H groups in total. The first-order valence-electron chi connectivity index (χ1n) is 9.26. The van der Waals surface area contributed by atoms with Gasteiger partial charge in [0.15, 0.2) is 0 Å². The third kappa shape index (κ3) is 2.37. The molecule has 4 atom stereocenters. The van der Waals surface area contributed by atoms with Gasteiger partial charge in [-0.2, -0.15) is 4.31 Å². The van der Waals surface area contributed by atoms with Gasteiger partial charge in [0, 0.05) is 13.1 Å². The van der Waals surface area contributed by atoms with Gasteiger partial charge < -0.3 is 9.47 Å². The SMILES string of the molecule is CC12C=CC(O1)C1C(=O)N(c3ccc(S(=O)(=O)N4CCOCC4)cc3)C(=O)C12. The van der Waals surface area contributed by atoms with E-state index >= 15 is 0 Å². The molecule has 5 rings (SSSR count). The number of nitrogens with zero attached hydrogens (tertiary/aromatic N) is 2. The molecule has 4 aliphatic rings. The van der Waals surface area contributed by atoms with Gasteiger partial charge in [-0.05, 0) is 31.2 Å². The monoisotopic (exact) mass is 404 g/mol. The Morgan fingerprint density at radius 3 is 2.39 bits per heavy atom. The normalized spacial score (nSPS) is 35.0. The maximum atomic E-state index is 13.0. The van der Waals surface area contributed by atoms with Crippen LogP contribution in [-0.2, 0) is 29.1 Å². The summed E-state index contributed by atoms with van der Waals surface area (Å²) >= 11 is 0. The maximum Gasteiger partial charge on any atom is 0.243 e. The van der Waals surface area contributed by atoms with E-state index in [2.05, 4.69) is 0 Å². The minimum absolute atomic E-state index is 0.134. The van der Waals surface area contributed by atoms with E-state index in [1.54, 1.807) is 0 Å². The van der Waals surface area contributed by atoms with Crippen molar-refractivity contribution in [2.45, 2.75) is 23.5 Å². The van der Waals surface area contributed by atoms with Crippen LogP contribution in [0.15, 0.2) is 41.3 Å². The highest BCUT2D eigenvalue weighted by Gasteiger charge is 2.66. The zero-order chi connectivity index (χ0) is 19.7. The van der Waals surface area contributed by atoms with Gasteiger partial charge in [0.05, 0.1) is 47.3 Å². The summed E-state index contributed by atoms with van der Waals surface area (Å²) in [5, 5.41) is 0. The van der Waals surface area contributed by atoms with Gasteiger partial charge in [0.25, 0.3) is 0 Å². The van der Waals surface area contributed by atoms with Crippen LogP contribution in [0.3, 0.4) is 0 Å². The number of ether oxygens (including phenoxy) is 2. The van der Waals surface area contributed by atoms with Crippen molar-refractivity contribution in [3.05, 3.63) is 36.4 Å². The zero-order valence-corrected chi connectivity index (χ0v) is 16.1. The van der Waals surface area contributed by atoms with Crippen molar-refractivity contribution in [1.29, 1.82) is 0 Å². The van der Waals surface area contributed by atoms with Crippen molar-refractivity contribution in [2.24, 2.45) is 11.8 Å². The predicted octanol–water partition coefficient (Wildman–Crippen LogP) is 0.540. The fourth-order valence-electron chi connectivity index (χ4n) is 4.61. The van der Waals surface area contributed by atoms with Crippen LogP contribution < -0.4 is 4.90 Å². The molecule has 0 radical (unpaired) electrons. The first-order valence-corrected chi connectivity index (χ1v) is 10.7. The number of sulfonamides is 1. The molecule has 0 aliphatic carbocycles. The summed E-state index contributed by atoms with van der Waals surface area (Å²) in [6.45, 7) is 3.17.